The molecule has 6 aromatic rings. The van der Waals surface area contributed by atoms with Crippen molar-refractivity contribution in [3.63, 3.8) is 0 Å². The van der Waals surface area contributed by atoms with E-state index in [9.17, 15) is 36.3 Å². The zero-order valence-electron chi connectivity index (χ0n) is 29.3. The van der Waals surface area contributed by atoms with Crippen LogP contribution in [0.25, 0.3) is 11.1 Å². The summed E-state index contributed by atoms with van der Waals surface area (Å²) in [5, 5.41) is 5.21. The molecule has 0 aliphatic heterocycles. The highest BCUT2D eigenvalue weighted by Crippen LogP contribution is 2.44. The summed E-state index contributed by atoms with van der Waals surface area (Å²) < 4.78 is 81.7. The monoisotopic (exact) mass is 762 g/mol. The number of carbonyl (C=O) groups excluding carboxylic acids is 3. The Morgan fingerprint density at radius 2 is 0.982 bits per heavy atom. The number of hydrogen-bond donors (Lipinski definition) is 2. The molecule has 7 nitrogen and oxygen atoms in total. The van der Waals surface area contributed by atoms with E-state index in [1.54, 1.807) is 91.0 Å². The van der Waals surface area contributed by atoms with Gasteiger partial charge in [-0.3, -0.25) is 4.79 Å². The molecule has 0 fully saturated rings. The van der Waals surface area contributed by atoms with Crippen LogP contribution in [-0.2, 0) is 19.9 Å². The summed E-state index contributed by atoms with van der Waals surface area (Å²) in [5.41, 5.74) is 4.07. The minimum Gasteiger partial charge on any atom is -0.449 e. The van der Waals surface area contributed by atoms with E-state index in [1.807, 2.05) is 48.5 Å². The van der Waals surface area contributed by atoms with Gasteiger partial charge < -0.3 is 20.1 Å². The van der Waals surface area contributed by atoms with Crippen LogP contribution in [0.3, 0.4) is 0 Å². The van der Waals surface area contributed by atoms with Gasteiger partial charge in [-0.1, -0.05) is 140 Å². The van der Waals surface area contributed by atoms with Gasteiger partial charge in [-0.15, -0.1) is 0 Å². The van der Waals surface area contributed by atoms with E-state index < -0.39 is 76.7 Å². The second-order valence-corrected chi connectivity index (χ2v) is 12.9. The number of rotatable bonds is 11. The van der Waals surface area contributed by atoms with Gasteiger partial charge in [0.25, 0.3) is 0 Å². The van der Waals surface area contributed by atoms with Crippen LogP contribution in [0.4, 0.5) is 26.7 Å². The van der Waals surface area contributed by atoms with Crippen LogP contribution >= 0.6 is 0 Å². The van der Waals surface area contributed by atoms with Crippen LogP contribution in [0.1, 0.15) is 40.2 Å². The number of benzene rings is 6. The van der Waals surface area contributed by atoms with E-state index >= 15 is 0 Å². The first-order chi connectivity index (χ1) is 27.1. The molecule has 0 bridgehead atoms. The van der Waals surface area contributed by atoms with Crippen LogP contribution in [0.2, 0.25) is 0 Å². The van der Waals surface area contributed by atoms with Crippen molar-refractivity contribution in [3.05, 3.63) is 196 Å². The van der Waals surface area contributed by atoms with Crippen molar-refractivity contribution in [1.82, 2.24) is 10.6 Å². The van der Waals surface area contributed by atoms with E-state index in [2.05, 4.69) is 10.6 Å². The van der Waals surface area contributed by atoms with Crippen molar-refractivity contribution in [3.8, 4) is 16.9 Å². The standard InChI is InChI=1S/C44H31F5N2O5/c45-36-37(46)39(48)41(40(49)38(36)47)56-42(53)34(50-43(54)55-25-33-31-22-12-10-20-29(31)30-21-11-13-23-32(30)33)24-35(52)51-44(26-14-4-1-5-15-26,27-16-6-2-7-17-27)28-18-8-3-9-19-28/h1-23,33-34H,24-25H2,(H,50,54)(H,51,52)/t34-/m0/s1. The van der Waals surface area contributed by atoms with Crippen LogP contribution in [0.15, 0.2) is 140 Å². The third kappa shape index (κ3) is 7.08. The summed E-state index contributed by atoms with van der Waals surface area (Å²) in [5.74, 6) is -16.9. The second-order valence-electron chi connectivity index (χ2n) is 12.9. The number of carbonyl (C=O) groups is 3. The molecule has 1 aliphatic carbocycles. The third-order valence-electron chi connectivity index (χ3n) is 9.63. The largest absolute Gasteiger partial charge is 0.449 e. The Morgan fingerprint density at radius 1 is 0.571 bits per heavy atom. The molecule has 0 saturated heterocycles. The van der Waals surface area contributed by atoms with Crippen molar-refractivity contribution in [1.29, 1.82) is 0 Å². The fourth-order valence-corrected chi connectivity index (χ4v) is 7.05. The number of hydrogen-bond acceptors (Lipinski definition) is 5. The molecule has 1 atom stereocenters. The number of esters is 1. The number of amides is 2. The first-order valence-corrected chi connectivity index (χ1v) is 17.4. The van der Waals surface area contributed by atoms with E-state index in [4.69, 9.17) is 9.47 Å². The first kappa shape index (κ1) is 37.5. The van der Waals surface area contributed by atoms with E-state index in [0.717, 1.165) is 22.3 Å². The zero-order valence-corrected chi connectivity index (χ0v) is 29.3. The molecule has 0 unspecified atom stereocenters. The Kier molecular flexibility index (Phi) is 10.6. The minimum atomic E-state index is -2.47. The summed E-state index contributed by atoms with van der Waals surface area (Å²) in [7, 11) is 0. The van der Waals surface area contributed by atoms with Crippen molar-refractivity contribution in [2.75, 3.05) is 6.61 Å². The maximum absolute atomic E-state index is 14.7. The average molecular weight is 763 g/mol. The minimum absolute atomic E-state index is 0.218. The molecule has 0 spiro atoms. The molecule has 0 aromatic heterocycles. The number of halogens is 5. The van der Waals surface area contributed by atoms with E-state index in [0.29, 0.717) is 16.7 Å². The molecule has 2 N–H and O–H groups in total. The number of ether oxygens (including phenoxy) is 2. The molecule has 6 aromatic carbocycles. The Hall–Kier alpha value is -6.82. The van der Waals surface area contributed by atoms with Gasteiger partial charge in [0.15, 0.2) is 0 Å². The Labute approximate surface area is 317 Å². The second kappa shape index (κ2) is 15.9. The zero-order chi connectivity index (χ0) is 39.4. The third-order valence-corrected chi connectivity index (χ3v) is 9.63. The summed E-state index contributed by atoms with van der Waals surface area (Å²) >= 11 is 0. The van der Waals surface area contributed by atoms with E-state index in [1.165, 1.54) is 0 Å². The van der Waals surface area contributed by atoms with Gasteiger partial charge in [-0.2, -0.15) is 8.78 Å². The van der Waals surface area contributed by atoms with Crippen molar-refractivity contribution in [2.24, 2.45) is 0 Å². The van der Waals surface area contributed by atoms with Gasteiger partial charge >= 0.3 is 12.1 Å². The smallest absolute Gasteiger partial charge is 0.407 e. The predicted octanol–water partition coefficient (Wildman–Crippen LogP) is 8.69. The van der Waals surface area contributed by atoms with Crippen LogP contribution < -0.4 is 15.4 Å². The maximum atomic E-state index is 14.7. The van der Waals surface area contributed by atoms with Gasteiger partial charge in [0, 0.05) is 5.92 Å². The molecule has 1 aliphatic rings. The normalized spacial score (nSPS) is 12.6. The summed E-state index contributed by atoms with van der Waals surface area (Å²) in [6.07, 6.45) is -2.15. The van der Waals surface area contributed by atoms with Gasteiger partial charge in [0.2, 0.25) is 40.7 Å². The maximum Gasteiger partial charge on any atom is 0.407 e. The lowest BCUT2D eigenvalue weighted by Crippen LogP contribution is -2.51. The lowest BCUT2D eigenvalue weighted by atomic mass is 9.77. The van der Waals surface area contributed by atoms with Crippen molar-refractivity contribution in [2.45, 2.75) is 23.9 Å². The van der Waals surface area contributed by atoms with Crippen LogP contribution in [0, 0.1) is 29.1 Å². The quantitative estimate of drug-likeness (QED) is 0.0344. The molecule has 2 amide bonds. The lowest BCUT2D eigenvalue weighted by Gasteiger charge is -2.37. The predicted molar refractivity (Wildman–Crippen MR) is 196 cm³/mol. The SMILES string of the molecule is O=C(C[C@H](NC(=O)OCC1c2ccccc2-c2ccccc21)C(=O)Oc1c(F)c(F)c(F)c(F)c1F)NC(c1ccccc1)(c1ccccc1)c1ccccc1. The fourth-order valence-electron chi connectivity index (χ4n) is 7.05. The highest BCUT2D eigenvalue weighted by atomic mass is 19.2. The Morgan fingerprint density at radius 3 is 1.45 bits per heavy atom. The molecule has 7 rings (SSSR count). The first-order valence-electron chi connectivity index (χ1n) is 17.4. The van der Waals surface area contributed by atoms with Gasteiger partial charge in [-0.25, -0.2) is 22.8 Å². The van der Waals surface area contributed by atoms with Gasteiger partial charge in [0.1, 0.15) is 18.2 Å². The Bertz CT molecular complexity index is 2240. The molecule has 12 heteroatoms. The summed E-state index contributed by atoms with van der Waals surface area (Å²) in [4.78, 5) is 41.3. The molecule has 0 heterocycles. The average Bonchev–Trinajstić information content (AvgIpc) is 3.56. The number of fused-ring (bicyclic) bond motifs is 3. The highest BCUT2D eigenvalue weighted by molar-refractivity contribution is 5.90. The molecular weight excluding hydrogens is 731 g/mol. The van der Waals surface area contributed by atoms with Crippen LogP contribution in [0.5, 0.6) is 5.75 Å². The van der Waals surface area contributed by atoms with E-state index in [-0.39, 0.29) is 6.61 Å². The molecular formula is C44H31F5N2O5. The van der Waals surface area contributed by atoms with Crippen LogP contribution in [-0.4, -0.2) is 30.6 Å². The summed E-state index contributed by atoms with van der Waals surface area (Å²) in [6, 6.07) is 39.7. The molecule has 282 valence electrons. The highest BCUT2D eigenvalue weighted by Gasteiger charge is 2.40. The fraction of sp³-hybridized carbons (Fsp3) is 0.114. The lowest BCUT2D eigenvalue weighted by molar-refractivity contribution is -0.139. The molecule has 56 heavy (non-hydrogen) atoms. The van der Waals surface area contributed by atoms with Crippen molar-refractivity contribution < 1.29 is 45.8 Å². The summed E-state index contributed by atoms with van der Waals surface area (Å²) in [6.45, 7) is -0.218. The number of nitrogens with one attached hydrogen (secondary N) is 2. The van der Waals surface area contributed by atoms with Gasteiger partial charge in [0.05, 0.1) is 6.42 Å². The Balaban J connectivity index is 1.20. The van der Waals surface area contributed by atoms with Gasteiger partial charge in [-0.05, 0) is 38.9 Å². The molecule has 0 saturated carbocycles. The topological polar surface area (TPSA) is 93.7 Å². The molecule has 0 radical (unpaired) electrons. The van der Waals surface area contributed by atoms with Crippen molar-refractivity contribution >= 4 is 18.0 Å². The number of alkyl carbamates (subject to hydrolysis) is 1.